The van der Waals surface area contributed by atoms with Crippen LogP contribution in [0.3, 0.4) is 0 Å². The monoisotopic (exact) mass is 261 g/mol. The van der Waals surface area contributed by atoms with Gasteiger partial charge in [-0.2, -0.15) is 0 Å². The highest BCUT2D eigenvalue weighted by atomic mass is 16.4. The summed E-state index contributed by atoms with van der Waals surface area (Å²) in [6.07, 6.45) is 0. The molecule has 1 aromatic carbocycles. The van der Waals surface area contributed by atoms with E-state index >= 15 is 0 Å². The highest BCUT2D eigenvalue weighted by Crippen LogP contribution is 2.28. The van der Waals surface area contributed by atoms with E-state index in [9.17, 15) is 9.90 Å². The molecular formula is C15H19NO3. The van der Waals surface area contributed by atoms with Crippen molar-refractivity contribution in [1.29, 1.82) is 0 Å². The Balaban J connectivity index is 2.80. The van der Waals surface area contributed by atoms with Gasteiger partial charge in [0.05, 0.1) is 17.7 Å². The average Bonchev–Trinajstić information content (AvgIpc) is 2.65. The summed E-state index contributed by atoms with van der Waals surface area (Å²) < 4.78 is 1.86. The molecule has 19 heavy (non-hydrogen) atoms. The number of carboxylic acid groups (broad SMARTS) is 1. The number of aromatic carboxylic acids is 1. The molecule has 0 bridgehead atoms. The molecule has 0 aliphatic heterocycles. The highest BCUT2D eigenvalue weighted by molar-refractivity contribution is 6.03. The number of aliphatic hydroxyl groups excluding tert-OH is 1. The summed E-state index contributed by atoms with van der Waals surface area (Å²) >= 11 is 0. The van der Waals surface area contributed by atoms with Gasteiger partial charge in [0.15, 0.2) is 0 Å². The van der Waals surface area contributed by atoms with Crippen molar-refractivity contribution < 1.29 is 15.0 Å². The predicted molar refractivity (Wildman–Crippen MR) is 74.8 cm³/mol. The SMILES string of the molecule is Cc1cc2cc(C(C)C)cc(C(=O)O)c2n1CCO. The lowest BCUT2D eigenvalue weighted by atomic mass is 9.98. The van der Waals surface area contributed by atoms with Gasteiger partial charge in [-0.05, 0) is 36.6 Å². The van der Waals surface area contributed by atoms with E-state index in [1.54, 1.807) is 6.07 Å². The third-order valence-corrected chi connectivity index (χ3v) is 3.44. The summed E-state index contributed by atoms with van der Waals surface area (Å²) in [7, 11) is 0. The zero-order valence-corrected chi connectivity index (χ0v) is 11.5. The van der Waals surface area contributed by atoms with E-state index in [0.717, 1.165) is 16.6 Å². The van der Waals surface area contributed by atoms with E-state index < -0.39 is 5.97 Å². The van der Waals surface area contributed by atoms with Gasteiger partial charge >= 0.3 is 5.97 Å². The van der Waals surface area contributed by atoms with Crippen molar-refractivity contribution in [3.63, 3.8) is 0 Å². The van der Waals surface area contributed by atoms with E-state index in [1.165, 1.54) is 0 Å². The number of aliphatic hydroxyl groups is 1. The predicted octanol–water partition coefficient (Wildman–Crippen LogP) is 2.76. The molecule has 0 amide bonds. The van der Waals surface area contributed by atoms with Gasteiger partial charge in [-0.15, -0.1) is 0 Å². The van der Waals surface area contributed by atoms with Crippen LogP contribution in [-0.2, 0) is 6.54 Å². The average molecular weight is 261 g/mol. The Bertz CT molecular complexity index is 626. The molecule has 0 saturated carbocycles. The van der Waals surface area contributed by atoms with Crippen molar-refractivity contribution in [3.05, 3.63) is 35.0 Å². The number of carboxylic acids is 1. The number of fused-ring (bicyclic) bond motifs is 1. The first-order chi connectivity index (χ1) is 8.95. The van der Waals surface area contributed by atoms with Crippen molar-refractivity contribution in [2.75, 3.05) is 6.61 Å². The normalized spacial score (nSPS) is 11.4. The van der Waals surface area contributed by atoms with Gasteiger partial charge in [0.1, 0.15) is 0 Å². The molecule has 0 unspecified atom stereocenters. The molecule has 0 atom stereocenters. The van der Waals surface area contributed by atoms with Crippen molar-refractivity contribution in [1.82, 2.24) is 4.57 Å². The maximum Gasteiger partial charge on any atom is 0.337 e. The second kappa shape index (κ2) is 5.05. The van der Waals surface area contributed by atoms with Crippen LogP contribution in [0.5, 0.6) is 0 Å². The Labute approximate surface area is 112 Å². The lowest BCUT2D eigenvalue weighted by molar-refractivity contribution is 0.0698. The molecule has 0 fully saturated rings. The molecular weight excluding hydrogens is 242 g/mol. The highest BCUT2D eigenvalue weighted by Gasteiger charge is 2.17. The number of hydrogen-bond acceptors (Lipinski definition) is 2. The summed E-state index contributed by atoms with van der Waals surface area (Å²) in [5.41, 5.74) is 2.99. The second-order valence-electron chi connectivity index (χ2n) is 5.13. The van der Waals surface area contributed by atoms with Gasteiger partial charge in [-0.1, -0.05) is 13.8 Å². The maximum atomic E-state index is 11.5. The number of nitrogens with zero attached hydrogens (tertiary/aromatic N) is 1. The van der Waals surface area contributed by atoms with Gasteiger partial charge < -0.3 is 14.8 Å². The minimum absolute atomic E-state index is 0.00435. The van der Waals surface area contributed by atoms with Gasteiger partial charge in [0.2, 0.25) is 0 Å². The standard InChI is InChI=1S/C15H19NO3/c1-9(2)11-7-12-6-10(3)16(4-5-17)14(12)13(8-11)15(18)19/h6-9,17H,4-5H2,1-3H3,(H,18,19). The Morgan fingerprint density at radius 3 is 2.53 bits per heavy atom. The topological polar surface area (TPSA) is 62.5 Å². The minimum atomic E-state index is -0.926. The summed E-state index contributed by atoms with van der Waals surface area (Å²) in [4.78, 5) is 11.5. The number of rotatable bonds is 4. The van der Waals surface area contributed by atoms with Crippen LogP contribution in [0.15, 0.2) is 18.2 Å². The Morgan fingerprint density at radius 2 is 2.00 bits per heavy atom. The van der Waals surface area contributed by atoms with Crippen LogP contribution in [0.1, 0.15) is 41.4 Å². The maximum absolute atomic E-state index is 11.5. The number of benzene rings is 1. The van der Waals surface area contributed by atoms with E-state index in [4.69, 9.17) is 5.11 Å². The molecule has 0 radical (unpaired) electrons. The lowest BCUT2D eigenvalue weighted by Crippen LogP contribution is -2.08. The van der Waals surface area contributed by atoms with Crippen molar-refractivity contribution in [2.24, 2.45) is 0 Å². The number of aryl methyl sites for hydroxylation is 1. The molecule has 0 saturated heterocycles. The van der Waals surface area contributed by atoms with Crippen LogP contribution in [0.25, 0.3) is 10.9 Å². The molecule has 2 rings (SSSR count). The van der Waals surface area contributed by atoms with Crippen LogP contribution < -0.4 is 0 Å². The Morgan fingerprint density at radius 1 is 1.32 bits per heavy atom. The molecule has 0 aliphatic carbocycles. The summed E-state index contributed by atoms with van der Waals surface area (Å²) in [6.45, 7) is 6.43. The second-order valence-corrected chi connectivity index (χ2v) is 5.13. The van der Waals surface area contributed by atoms with Gasteiger partial charge in [0.25, 0.3) is 0 Å². The van der Waals surface area contributed by atoms with Crippen LogP contribution in [0.4, 0.5) is 0 Å². The minimum Gasteiger partial charge on any atom is -0.478 e. The summed E-state index contributed by atoms with van der Waals surface area (Å²) in [5, 5.41) is 19.5. The smallest absolute Gasteiger partial charge is 0.337 e. The molecule has 1 aromatic heterocycles. The zero-order valence-electron chi connectivity index (χ0n) is 11.5. The van der Waals surface area contributed by atoms with Crippen LogP contribution in [0, 0.1) is 6.92 Å². The largest absolute Gasteiger partial charge is 0.478 e. The molecule has 0 aliphatic rings. The summed E-state index contributed by atoms with van der Waals surface area (Å²) in [5.74, 6) is -0.645. The first kappa shape index (κ1) is 13.6. The quantitative estimate of drug-likeness (QED) is 0.889. The fourth-order valence-corrected chi connectivity index (χ4v) is 2.46. The van der Waals surface area contributed by atoms with E-state index in [1.807, 2.05) is 37.5 Å². The van der Waals surface area contributed by atoms with Crippen molar-refractivity contribution in [3.8, 4) is 0 Å². The van der Waals surface area contributed by atoms with Crippen LogP contribution >= 0.6 is 0 Å². The fraction of sp³-hybridized carbons (Fsp3) is 0.400. The molecule has 2 aromatic rings. The third-order valence-electron chi connectivity index (χ3n) is 3.44. The molecule has 1 heterocycles. The third kappa shape index (κ3) is 2.36. The van der Waals surface area contributed by atoms with Gasteiger partial charge in [-0.25, -0.2) is 4.79 Å². The van der Waals surface area contributed by atoms with Crippen LogP contribution in [0.2, 0.25) is 0 Å². The van der Waals surface area contributed by atoms with Crippen LogP contribution in [-0.4, -0.2) is 27.4 Å². The van der Waals surface area contributed by atoms with E-state index in [2.05, 4.69) is 0 Å². The number of aromatic nitrogens is 1. The molecule has 4 nitrogen and oxygen atoms in total. The van der Waals surface area contributed by atoms with Crippen molar-refractivity contribution in [2.45, 2.75) is 33.2 Å². The number of carbonyl (C=O) groups is 1. The molecule has 102 valence electrons. The van der Waals surface area contributed by atoms with Crippen molar-refractivity contribution >= 4 is 16.9 Å². The molecule has 0 spiro atoms. The number of hydrogen-bond donors (Lipinski definition) is 2. The first-order valence-corrected chi connectivity index (χ1v) is 6.43. The lowest BCUT2D eigenvalue weighted by Gasteiger charge is -2.11. The Kier molecular flexibility index (Phi) is 3.62. The molecule has 2 N–H and O–H groups in total. The molecule has 4 heteroatoms. The summed E-state index contributed by atoms with van der Waals surface area (Å²) in [6, 6.07) is 5.75. The Hall–Kier alpha value is -1.81. The first-order valence-electron chi connectivity index (χ1n) is 6.43. The zero-order chi connectivity index (χ0) is 14.2. The van der Waals surface area contributed by atoms with E-state index in [0.29, 0.717) is 17.6 Å². The fourth-order valence-electron chi connectivity index (χ4n) is 2.46. The van der Waals surface area contributed by atoms with Gasteiger partial charge in [0, 0.05) is 17.6 Å². The van der Waals surface area contributed by atoms with Gasteiger partial charge in [-0.3, -0.25) is 0 Å². The van der Waals surface area contributed by atoms with E-state index in [-0.39, 0.29) is 12.5 Å².